The van der Waals surface area contributed by atoms with Crippen molar-refractivity contribution in [1.29, 1.82) is 0 Å². The first-order valence-corrected chi connectivity index (χ1v) is 7.19. The third-order valence-electron chi connectivity index (χ3n) is 3.36. The number of nitrogens with one attached hydrogen (secondary N) is 1. The van der Waals surface area contributed by atoms with E-state index in [0.717, 1.165) is 22.5 Å². The highest BCUT2D eigenvalue weighted by atomic mass is 16.5. The largest absolute Gasteiger partial charge is 0.497 e. The molecule has 112 valence electrons. The zero-order chi connectivity index (χ0) is 15.8. The van der Waals surface area contributed by atoms with Crippen LogP contribution >= 0.6 is 0 Å². The molecule has 1 aromatic rings. The highest BCUT2D eigenvalue weighted by molar-refractivity contribution is 5.69. The van der Waals surface area contributed by atoms with Gasteiger partial charge in [0.2, 0.25) is 0 Å². The van der Waals surface area contributed by atoms with Crippen molar-refractivity contribution in [2.75, 3.05) is 7.11 Å². The van der Waals surface area contributed by atoms with E-state index in [9.17, 15) is 0 Å². The molecule has 1 aromatic carbocycles. The number of benzene rings is 1. The van der Waals surface area contributed by atoms with Gasteiger partial charge < -0.3 is 10.1 Å². The number of rotatable bonds is 3. The van der Waals surface area contributed by atoms with E-state index in [2.05, 4.69) is 37.0 Å². The Hall–Kier alpha value is -2.74. The summed E-state index contributed by atoms with van der Waals surface area (Å²) >= 11 is 0. The van der Waals surface area contributed by atoms with Gasteiger partial charge in [-0.1, -0.05) is 43.0 Å². The molecule has 0 amide bonds. The van der Waals surface area contributed by atoms with Crippen LogP contribution < -0.4 is 10.1 Å². The lowest BCUT2D eigenvalue weighted by Gasteiger charge is -2.07. The third kappa shape index (κ3) is 4.38. The minimum atomic E-state index is 0.864. The summed E-state index contributed by atoms with van der Waals surface area (Å²) in [5.41, 5.74) is 4.40. The van der Waals surface area contributed by atoms with Crippen LogP contribution in [0.3, 0.4) is 0 Å². The lowest BCUT2D eigenvalue weighted by Crippen LogP contribution is -1.91. The van der Waals surface area contributed by atoms with Crippen molar-refractivity contribution < 1.29 is 4.74 Å². The maximum Gasteiger partial charge on any atom is 0.118 e. The molecule has 1 aliphatic heterocycles. The molecule has 1 heterocycles. The summed E-state index contributed by atoms with van der Waals surface area (Å²) < 4.78 is 5.20. The van der Waals surface area contributed by atoms with Gasteiger partial charge in [-0.3, -0.25) is 0 Å². The summed E-state index contributed by atoms with van der Waals surface area (Å²) in [7, 11) is 1.67. The van der Waals surface area contributed by atoms with Gasteiger partial charge in [-0.15, -0.1) is 0 Å². The van der Waals surface area contributed by atoms with Crippen LogP contribution in [0, 0.1) is 0 Å². The molecule has 0 radical (unpaired) electrons. The van der Waals surface area contributed by atoms with Gasteiger partial charge in [0.25, 0.3) is 0 Å². The highest BCUT2D eigenvalue weighted by Crippen LogP contribution is 2.22. The molecule has 0 aliphatic carbocycles. The molecule has 0 aromatic heterocycles. The molecule has 22 heavy (non-hydrogen) atoms. The van der Waals surface area contributed by atoms with E-state index < -0.39 is 0 Å². The Balaban J connectivity index is 2.28. The minimum Gasteiger partial charge on any atom is -0.497 e. The second kappa shape index (κ2) is 7.89. The summed E-state index contributed by atoms with van der Waals surface area (Å²) in [6.45, 7) is 6.23. The SMILES string of the molecule is C=C1/C=C\C=C/N\C=C/C=C1/C=C(/C)c1ccc(OC)cc1. The number of methoxy groups -OCH3 is 1. The summed E-state index contributed by atoms with van der Waals surface area (Å²) in [6, 6.07) is 8.06. The summed E-state index contributed by atoms with van der Waals surface area (Å²) in [5.74, 6) is 0.864. The van der Waals surface area contributed by atoms with E-state index in [1.165, 1.54) is 5.57 Å². The Morgan fingerprint density at radius 1 is 1.09 bits per heavy atom. The lowest BCUT2D eigenvalue weighted by atomic mass is 9.99. The van der Waals surface area contributed by atoms with E-state index in [0.29, 0.717) is 0 Å². The van der Waals surface area contributed by atoms with E-state index in [1.807, 2.05) is 54.9 Å². The van der Waals surface area contributed by atoms with Crippen molar-refractivity contribution in [3.05, 3.63) is 96.4 Å². The molecule has 1 aliphatic rings. The van der Waals surface area contributed by atoms with E-state index >= 15 is 0 Å². The van der Waals surface area contributed by atoms with Gasteiger partial charge in [0.05, 0.1) is 7.11 Å². The summed E-state index contributed by atoms with van der Waals surface area (Å²) in [5, 5.41) is 3.07. The van der Waals surface area contributed by atoms with E-state index in [4.69, 9.17) is 4.74 Å². The number of ether oxygens (including phenoxy) is 1. The second-order valence-corrected chi connectivity index (χ2v) is 4.95. The van der Waals surface area contributed by atoms with Crippen LogP contribution in [0.2, 0.25) is 0 Å². The fraction of sp³-hybridized carbons (Fsp3) is 0.100. The van der Waals surface area contributed by atoms with Crippen LogP contribution in [0.1, 0.15) is 12.5 Å². The van der Waals surface area contributed by atoms with Gasteiger partial charge in [-0.05, 0) is 53.5 Å². The fourth-order valence-electron chi connectivity index (χ4n) is 2.06. The zero-order valence-electron chi connectivity index (χ0n) is 13.0. The van der Waals surface area contributed by atoms with Crippen LogP contribution in [0.25, 0.3) is 5.57 Å². The van der Waals surface area contributed by atoms with Crippen LogP contribution in [-0.4, -0.2) is 7.11 Å². The molecule has 1 N–H and O–H groups in total. The first-order valence-electron chi connectivity index (χ1n) is 7.19. The van der Waals surface area contributed by atoms with Gasteiger partial charge in [0, 0.05) is 12.4 Å². The predicted octanol–water partition coefficient (Wildman–Crippen LogP) is 4.77. The average Bonchev–Trinajstić information content (AvgIpc) is 2.55. The Labute approximate surface area is 132 Å². The van der Waals surface area contributed by atoms with Crippen molar-refractivity contribution in [3.63, 3.8) is 0 Å². The molecule has 0 unspecified atom stereocenters. The molecular weight excluding hydrogens is 270 g/mol. The Morgan fingerprint density at radius 2 is 1.82 bits per heavy atom. The van der Waals surface area contributed by atoms with Gasteiger partial charge in [-0.25, -0.2) is 0 Å². The maximum absolute atomic E-state index is 5.20. The Morgan fingerprint density at radius 3 is 2.55 bits per heavy atom. The molecule has 0 atom stereocenters. The Kier molecular flexibility index (Phi) is 5.61. The normalized spacial score (nSPS) is 22.0. The predicted molar refractivity (Wildman–Crippen MR) is 94.4 cm³/mol. The smallest absolute Gasteiger partial charge is 0.118 e. The van der Waals surface area contributed by atoms with E-state index in [-0.39, 0.29) is 0 Å². The van der Waals surface area contributed by atoms with Gasteiger partial charge in [0.1, 0.15) is 5.75 Å². The van der Waals surface area contributed by atoms with Crippen molar-refractivity contribution in [2.45, 2.75) is 6.92 Å². The molecule has 0 saturated carbocycles. The molecule has 2 heteroatoms. The molecule has 2 nitrogen and oxygen atoms in total. The van der Waals surface area contributed by atoms with Crippen molar-refractivity contribution in [1.82, 2.24) is 5.32 Å². The van der Waals surface area contributed by atoms with Crippen molar-refractivity contribution >= 4 is 5.57 Å². The topological polar surface area (TPSA) is 21.3 Å². The molecule has 2 rings (SSSR count). The van der Waals surface area contributed by atoms with Gasteiger partial charge in [0.15, 0.2) is 0 Å². The van der Waals surface area contributed by atoms with Crippen LogP contribution in [0.15, 0.2) is 90.8 Å². The van der Waals surface area contributed by atoms with Crippen LogP contribution in [-0.2, 0) is 0 Å². The summed E-state index contributed by atoms with van der Waals surface area (Å²) in [4.78, 5) is 0. The van der Waals surface area contributed by atoms with Crippen LogP contribution in [0.5, 0.6) is 5.75 Å². The fourth-order valence-corrected chi connectivity index (χ4v) is 2.06. The van der Waals surface area contributed by atoms with Crippen molar-refractivity contribution in [3.8, 4) is 5.75 Å². The monoisotopic (exact) mass is 291 g/mol. The first-order chi connectivity index (χ1) is 10.7. The zero-order valence-corrected chi connectivity index (χ0v) is 13.0. The average molecular weight is 291 g/mol. The standard InChI is InChI=1S/C20H21NO/c1-16-7-4-5-13-21-14-6-8-19(16)15-17(2)18-9-11-20(22-3)12-10-18/h4-15,21H,1H2,2-3H3/b7-4-,13-5-,14-6-,17-15-,19-8-. The Bertz CT molecular complexity index is 670. The second-order valence-electron chi connectivity index (χ2n) is 4.95. The molecule has 0 spiro atoms. The first kappa shape index (κ1) is 15.6. The van der Waals surface area contributed by atoms with Crippen LogP contribution in [0.4, 0.5) is 0 Å². The quantitative estimate of drug-likeness (QED) is 0.866. The molecule has 0 fully saturated rings. The molecule has 0 saturated heterocycles. The maximum atomic E-state index is 5.20. The lowest BCUT2D eigenvalue weighted by molar-refractivity contribution is 0.415. The summed E-state index contributed by atoms with van der Waals surface area (Å²) in [6.07, 6.45) is 15.8. The molecular formula is C20H21NO. The molecule has 0 bridgehead atoms. The highest BCUT2D eigenvalue weighted by Gasteiger charge is 2.01. The number of allylic oxidation sites excluding steroid dienone is 9. The third-order valence-corrected chi connectivity index (χ3v) is 3.36. The van der Waals surface area contributed by atoms with Gasteiger partial charge in [-0.2, -0.15) is 0 Å². The number of hydrogen-bond acceptors (Lipinski definition) is 2. The number of hydrogen-bond donors (Lipinski definition) is 1. The minimum absolute atomic E-state index is 0.864. The van der Waals surface area contributed by atoms with E-state index in [1.54, 1.807) is 7.11 Å². The van der Waals surface area contributed by atoms with Crippen molar-refractivity contribution in [2.24, 2.45) is 0 Å². The van der Waals surface area contributed by atoms with Gasteiger partial charge >= 0.3 is 0 Å².